The molecule has 0 bridgehead atoms. The molecule has 0 radical (unpaired) electrons. The zero-order valence-electron chi connectivity index (χ0n) is 22.8. The summed E-state index contributed by atoms with van der Waals surface area (Å²) in [6.45, 7) is -0.0433. The van der Waals surface area contributed by atoms with E-state index in [-0.39, 0.29) is 35.8 Å². The van der Waals surface area contributed by atoms with Gasteiger partial charge in [-0.25, -0.2) is 24.5 Å². The van der Waals surface area contributed by atoms with Crippen LogP contribution in [0.15, 0.2) is 23.8 Å². The number of anilines is 2. The number of H-pyrrole nitrogens is 1. The van der Waals surface area contributed by atoms with E-state index >= 15 is 0 Å². The number of ether oxygens (including phenoxy) is 2. The Bertz CT molecular complexity index is 1840. The third-order valence-electron chi connectivity index (χ3n) is 6.95. The van der Waals surface area contributed by atoms with E-state index in [2.05, 4.69) is 29.9 Å². The van der Waals surface area contributed by atoms with Crippen molar-refractivity contribution >= 4 is 49.5 Å². The van der Waals surface area contributed by atoms with Crippen LogP contribution < -0.4 is 17.0 Å². The number of nitrogens with one attached hydrogen (secondary N) is 1. The van der Waals surface area contributed by atoms with E-state index < -0.39 is 71.1 Å². The van der Waals surface area contributed by atoms with E-state index in [1.807, 2.05) is 0 Å². The van der Waals surface area contributed by atoms with Crippen molar-refractivity contribution in [1.82, 2.24) is 39.0 Å². The highest BCUT2D eigenvalue weighted by Gasteiger charge is 2.45. The molecular formula is C21H28N10O11P2. The molecule has 8 atom stereocenters. The van der Waals surface area contributed by atoms with E-state index in [1.54, 1.807) is 0 Å². The summed E-state index contributed by atoms with van der Waals surface area (Å²) in [5, 5.41) is 9.70. The normalized spacial score (nSPS) is 28.5. The van der Waals surface area contributed by atoms with Crippen molar-refractivity contribution < 1.29 is 47.1 Å². The first-order valence-corrected chi connectivity index (χ1v) is 16.6. The van der Waals surface area contributed by atoms with E-state index in [0.29, 0.717) is 11.2 Å². The summed E-state index contributed by atoms with van der Waals surface area (Å²) in [7, 11) is -8.92. The lowest BCUT2D eigenvalue weighted by atomic mass is 10.2. The number of rotatable bonds is 10. The predicted molar refractivity (Wildman–Crippen MR) is 148 cm³/mol. The number of nitrogens with zero attached hydrogens (tertiary/aromatic N) is 7. The van der Waals surface area contributed by atoms with Gasteiger partial charge < -0.3 is 40.4 Å². The second kappa shape index (κ2) is 11.5. The zero-order valence-corrected chi connectivity index (χ0v) is 24.6. The van der Waals surface area contributed by atoms with Crippen LogP contribution in [0.25, 0.3) is 22.3 Å². The molecule has 6 rings (SSSR count). The smallest absolute Gasteiger partial charge is 0.394 e. The Morgan fingerprint density at radius 3 is 2.52 bits per heavy atom. The summed E-state index contributed by atoms with van der Waals surface area (Å²) in [4.78, 5) is 55.4. The van der Waals surface area contributed by atoms with Gasteiger partial charge in [-0.1, -0.05) is 0 Å². The van der Waals surface area contributed by atoms with Gasteiger partial charge in [0.05, 0.1) is 38.1 Å². The van der Waals surface area contributed by atoms with E-state index in [4.69, 9.17) is 34.5 Å². The highest BCUT2D eigenvalue weighted by atomic mass is 31.2. The van der Waals surface area contributed by atoms with Crippen LogP contribution in [0.2, 0.25) is 0 Å². The summed E-state index contributed by atoms with van der Waals surface area (Å²) >= 11 is 0. The number of hydrogen-bond acceptors (Lipinski definition) is 16. The number of imidazole rings is 2. The number of phosphoric ester groups is 1. The Balaban J connectivity index is 1.19. The lowest BCUT2D eigenvalue weighted by molar-refractivity contribution is -0.0581. The first-order chi connectivity index (χ1) is 20.8. The van der Waals surface area contributed by atoms with E-state index in [1.165, 1.54) is 28.1 Å². The molecule has 2 aliphatic rings. The number of aliphatic hydroxyl groups excluding tert-OH is 1. The number of aromatic nitrogens is 8. The third-order valence-corrected chi connectivity index (χ3v) is 8.63. The van der Waals surface area contributed by atoms with E-state index in [0.717, 1.165) is 6.66 Å². The summed E-state index contributed by atoms with van der Waals surface area (Å²) in [6.07, 6.45) is -2.27. The molecule has 0 spiro atoms. The van der Waals surface area contributed by atoms with Crippen LogP contribution >= 0.6 is 15.4 Å². The summed E-state index contributed by atoms with van der Waals surface area (Å²) in [6, 6.07) is 0. The highest BCUT2D eigenvalue weighted by Crippen LogP contribution is 2.51. The number of aromatic amines is 1. The Labute approximate surface area is 246 Å². The maximum atomic E-state index is 13.2. The largest absolute Gasteiger partial charge is 0.472 e. The van der Waals surface area contributed by atoms with Crippen molar-refractivity contribution in [3.05, 3.63) is 29.3 Å². The number of aliphatic hydroxyl groups is 1. The lowest BCUT2D eigenvalue weighted by Crippen LogP contribution is -2.29. The van der Waals surface area contributed by atoms with Crippen molar-refractivity contribution in [1.29, 1.82) is 0 Å². The molecule has 8 N–H and O–H groups in total. The topological polar surface area (TPSA) is 300 Å². The van der Waals surface area contributed by atoms with Crippen molar-refractivity contribution in [3.63, 3.8) is 0 Å². The fourth-order valence-electron chi connectivity index (χ4n) is 5.14. The maximum absolute atomic E-state index is 13.2. The van der Waals surface area contributed by atoms with Gasteiger partial charge in [-0.2, -0.15) is 4.98 Å². The van der Waals surface area contributed by atoms with E-state index in [9.17, 15) is 28.8 Å². The molecule has 0 aromatic carbocycles. The fraction of sp³-hybridized carbons (Fsp3) is 0.524. The molecule has 44 heavy (non-hydrogen) atoms. The minimum absolute atomic E-state index is 0.0228. The van der Waals surface area contributed by atoms with Gasteiger partial charge in [-0.05, 0) is 0 Å². The molecule has 23 heteroatoms. The van der Waals surface area contributed by atoms with Crippen LogP contribution in [-0.2, 0) is 32.2 Å². The van der Waals surface area contributed by atoms with Crippen LogP contribution in [0.5, 0.6) is 0 Å². The molecule has 2 saturated heterocycles. The second-order valence-electron chi connectivity index (χ2n) is 10.1. The second-order valence-corrected chi connectivity index (χ2v) is 13.4. The SMILES string of the molecule is CP(=O)(O)O[C@H]1C[C@H](n2cnc3c(N)ncnc32)O[C@@H]1COP(=O)(O)O[C@@H]1C[C@@H](CO)O[C@H]1n1cnc2c(=O)[nH]c(N)nc21. The Morgan fingerprint density at radius 1 is 1.02 bits per heavy atom. The highest BCUT2D eigenvalue weighted by molar-refractivity contribution is 7.51. The molecule has 2 unspecified atom stereocenters. The molecule has 2 fully saturated rings. The summed E-state index contributed by atoms with van der Waals surface area (Å²) < 4.78 is 55.9. The van der Waals surface area contributed by atoms with Crippen molar-refractivity contribution in [2.24, 2.45) is 0 Å². The molecule has 2 aliphatic heterocycles. The number of nitrogens with two attached hydrogens (primary N) is 2. The van der Waals surface area contributed by atoms with Gasteiger partial charge >= 0.3 is 15.4 Å². The number of nitrogen functional groups attached to an aromatic ring is 2. The quantitative estimate of drug-likeness (QED) is 0.116. The van der Waals surface area contributed by atoms with Crippen LogP contribution in [0.3, 0.4) is 0 Å². The molecule has 4 aromatic rings. The third kappa shape index (κ3) is 6.11. The summed E-state index contributed by atoms with van der Waals surface area (Å²) in [5.41, 5.74) is 11.5. The first-order valence-electron chi connectivity index (χ1n) is 13.0. The van der Waals surface area contributed by atoms with Gasteiger partial charge in [-0.3, -0.25) is 32.5 Å². The van der Waals surface area contributed by atoms with Crippen molar-refractivity contribution in [3.8, 4) is 0 Å². The van der Waals surface area contributed by atoms with Gasteiger partial charge in [0.15, 0.2) is 28.9 Å². The number of hydrogen-bond donors (Lipinski definition) is 6. The van der Waals surface area contributed by atoms with Gasteiger partial charge in [-0.15, -0.1) is 0 Å². The Morgan fingerprint density at radius 2 is 1.77 bits per heavy atom. The average molecular weight is 658 g/mol. The van der Waals surface area contributed by atoms with Gasteiger partial charge in [0, 0.05) is 19.5 Å². The number of fused-ring (bicyclic) bond motifs is 2. The van der Waals surface area contributed by atoms with Gasteiger partial charge in [0.25, 0.3) is 5.56 Å². The van der Waals surface area contributed by atoms with Gasteiger partial charge in [0.2, 0.25) is 5.95 Å². The molecule has 0 aliphatic carbocycles. The van der Waals surface area contributed by atoms with Crippen LogP contribution in [0.1, 0.15) is 25.3 Å². The minimum Gasteiger partial charge on any atom is -0.394 e. The number of phosphoric acid groups is 1. The van der Waals surface area contributed by atoms with Crippen molar-refractivity contribution in [2.45, 2.75) is 49.7 Å². The average Bonchev–Trinajstić information content (AvgIpc) is 3.71. The lowest BCUT2D eigenvalue weighted by Gasteiger charge is -2.24. The standard InChI is InChI=1S/C21H28N10O11P2/c1-43(34,35)41-10-3-13(30-7-26-14-16(22)24-6-25-17(14)30)40-12(10)5-38-44(36,37)42-11-2-9(4-32)39-20(11)31-8-27-15-18(31)28-21(23)29-19(15)33/h6-13,20,32H,2-5H2,1H3,(H,34,35)(H,36,37)(H2,22,24,25)(H3,23,28,29,33)/t9-,10-,11+,12+,13+,20+/m0/s1. The monoisotopic (exact) mass is 658 g/mol. The van der Waals surface area contributed by atoms with Crippen LogP contribution in [-0.4, -0.2) is 98.2 Å². The first kappa shape index (κ1) is 30.7. The Kier molecular flexibility index (Phi) is 8.03. The Hall–Kier alpha value is -3.36. The van der Waals surface area contributed by atoms with Gasteiger partial charge in [0.1, 0.15) is 30.3 Å². The molecular weight excluding hydrogens is 630 g/mol. The van der Waals surface area contributed by atoms with Crippen LogP contribution in [0, 0.1) is 0 Å². The van der Waals surface area contributed by atoms with Crippen LogP contribution in [0.4, 0.5) is 11.8 Å². The summed E-state index contributed by atoms with van der Waals surface area (Å²) in [5.74, 6) is -0.0565. The molecule has 6 heterocycles. The predicted octanol–water partition coefficient (Wildman–Crippen LogP) is -0.606. The molecule has 4 aromatic heterocycles. The minimum atomic E-state index is -4.88. The molecule has 0 amide bonds. The van der Waals surface area contributed by atoms with Crippen molar-refractivity contribution in [2.75, 3.05) is 31.3 Å². The molecule has 0 saturated carbocycles. The molecule has 21 nitrogen and oxygen atoms in total. The fourth-order valence-corrected chi connectivity index (χ4v) is 6.79. The zero-order chi connectivity index (χ0) is 31.4. The molecule has 238 valence electrons. The maximum Gasteiger partial charge on any atom is 0.472 e.